The molecule has 0 bridgehead atoms. The molecule has 0 aliphatic rings. The van der Waals surface area contributed by atoms with E-state index in [2.05, 4.69) is 19.7 Å². The van der Waals surface area contributed by atoms with Gasteiger partial charge in [0.15, 0.2) is 6.61 Å². The fraction of sp³-hybridized carbons (Fsp3) is 0.429. The van der Waals surface area contributed by atoms with Gasteiger partial charge in [-0.25, -0.2) is 9.78 Å². The van der Waals surface area contributed by atoms with Crippen LogP contribution in [-0.4, -0.2) is 39.2 Å². The molecule has 0 aliphatic heterocycles. The maximum absolute atomic E-state index is 12.2. The molecule has 2 rings (SSSR count). The smallest absolute Gasteiger partial charge is 0.453 e. The fourth-order valence-corrected chi connectivity index (χ4v) is 1.74. The van der Waals surface area contributed by atoms with Gasteiger partial charge in [0.2, 0.25) is 5.88 Å². The van der Waals surface area contributed by atoms with Crippen LogP contribution in [0, 0.1) is 6.57 Å². The van der Waals surface area contributed by atoms with Crippen LogP contribution in [0.1, 0.15) is 20.8 Å². The number of aromatic nitrogens is 3. The van der Waals surface area contributed by atoms with Gasteiger partial charge in [-0.2, -0.15) is 13.2 Å². The molecule has 2 heterocycles. The fourth-order valence-electron chi connectivity index (χ4n) is 1.74. The highest BCUT2D eigenvalue weighted by molar-refractivity contribution is 5.95. The van der Waals surface area contributed by atoms with Crippen molar-refractivity contribution in [2.45, 2.75) is 32.5 Å². The Morgan fingerprint density at radius 2 is 2.04 bits per heavy atom. The molecule has 2 aromatic rings. The summed E-state index contributed by atoms with van der Waals surface area (Å²) in [7, 11) is 0. The summed E-state index contributed by atoms with van der Waals surface area (Å²) < 4.78 is 47.2. The molecule has 0 fully saturated rings. The Hall–Kier alpha value is -2.83. The zero-order valence-corrected chi connectivity index (χ0v) is 13.0. The standard InChI is InChI=1S/C14H13F3N4O3/c1-13(2,3)24-12(22)21-9-5-10(23-7-14(15,16)17)19-6-8(9)11(18-4)20-21/h5-6H,7H2,1-3H3. The normalized spacial score (nSPS) is 12.0. The largest absolute Gasteiger partial charge is 0.468 e. The lowest BCUT2D eigenvalue weighted by Crippen LogP contribution is -2.27. The Kier molecular flexibility index (Phi) is 4.38. The third kappa shape index (κ3) is 4.13. The molecule has 10 heteroatoms. The Morgan fingerprint density at radius 3 is 2.58 bits per heavy atom. The van der Waals surface area contributed by atoms with Crippen molar-refractivity contribution in [2.75, 3.05) is 6.61 Å². The number of hydrogen-bond acceptors (Lipinski definition) is 5. The number of ether oxygens (including phenoxy) is 2. The Labute approximate surface area is 134 Å². The van der Waals surface area contributed by atoms with E-state index in [1.165, 1.54) is 0 Å². The SMILES string of the molecule is [C-]#[N+]c1nn(C(=O)OC(C)(C)C)c2cc(OCC(F)(F)F)ncc12. The van der Waals surface area contributed by atoms with Crippen LogP contribution in [0.25, 0.3) is 15.7 Å². The van der Waals surface area contributed by atoms with Crippen LogP contribution in [-0.2, 0) is 4.74 Å². The minimum absolute atomic E-state index is 0.0717. The van der Waals surface area contributed by atoms with Crippen molar-refractivity contribution in [3.8, 4) is 5.88 Å². The van der Waals surface area contributed by atoms with Gasteiger partial charge in [0.05, 0.1) is 5.52 Å². The highest BCUT2D eigenvalue weighted by Gasteiger charge is 2.29. The van der Waals surface area contributed by atoms with E-state index in [4.69, 9.17) is 11.3 Å². The molecule has 2 aromatic heterocycles. The summed E-state index contributed by atoms with van der Waals surface area (Å²) in [6.07, 6.45) is -4.26. The first-order valence-electron chi connectivity index (χ1n) is 6.69. The maximum Gasteiger partial charge on any atom is 0.453 e. The van der Waals surface area contributed by atoms with E-state index in [0.29, 0.717) is 0 Å². The number of halogens is 3. The molecule has 0 aliphatic carbocycles. The van der Waals surface area contributed by atoms with Crippen molar-refractivity contribution in [3.05, 3.63) is 23.7 Å². The number of fused-ring (bicyclic) bond motifs is 1. The number of pyridine rings is 1. The minimum Gasteiger partial charge on any atom is -0.468 e. The second-order valence-corrected chi connectivity index (χ2v) is 5.77. The third-order valence-corrected chi connectivity index (χ3v) is 2.58. The minimum atomic E-state index is -4.52. The van der Waals surface area contributed by atoms with Gasteiger partial charge in [-0.3, -0.25) is 0 Å². The zero-order valence-electron chi connectivity index (χ0n) is 13.0. The van der Waals surface area contributed by atoms with Crippen molar-refractivity contribution in [3.63, 3.8) is 0 Å². The predicted molar refractivity (Wildman–Crippen MR) is 77.0 cm³/mol. The summed E-state index contributed by atoms with van der Waals surface area (Å²) in [6, 6.07) is 1.10. The summed E-state index contributed by atoms with van der Waals surface area (Å²) in [5.41, 5.74) is -0.738. The summed E-state index contributed by atoms with van der Waals surface area (Å²) in [5.74, 6) is -0.466. The molecule has 0 spiro atoms. The quantitative estimate of drug-likeness (QED) is 0.778. The van der Waals surface area contributed by atoms with Crippen LogP contribution < -0.4 is 4.74 Å². The first kappa shape index (κ1) is 17.5. The zero-order chi connectivity index (χ0) is 18.1. The summed E-state index contributed by atoms with van der Waals surface area (Å²) in [6.45, 7) is 10.5. The van der Waals surface area contributed by atoms with E-state index in [0.717, 1.165) is 16.9 Å². The van der Waals surface area contributed by atoms with Crippen LogP contribution in [0.5, 0.6) is 5.88 Å². The van der Waals surface area contributed by atoms with Gasteiger partial charge in [-0.05, 0) is 25.9 Å². The number of rotatable bonds is 2. The van der Waals surface area contributed by atoms with Crippen LogP contribution in [0.2, 0.25) is 0 Å². The Morgan fingerprint density at radius 1 is 1.38 bits per heavy atom. The van der Waals surface area contributed by atoms with E-state index in [-0.39, 0.29) is 22.6 Å². The molecular formula is C14H13F3N4O3. The van der Waals surface area contributed by atoms with Crippen molar-refractivity contribution in [1.82, 2.24) is 14.8 Å². The topological polar surface area (TPSA) is 70.6 Å². The molecule has 0 saturated carbocycles. The highest BCUT2D eigenvalue weighted by Crippen LogP contribution is 2.28. The number of hydrogen-bond donors (Lipinski definition) is 0. The van der Waals surface area contributed by atoms with Crippen molar-refractivity contribution in [2.24, 2.45) is 0 Å². The number of carbonyl (C=O) groups is 1. The second kappa shape index (κ2) is 5.99. The molecule has 0 N–H and O–H groups in total. The number of nitrogens with zero attached hydrogens (tertiary/aromatic N) is 4. The molecule has 0 radical (unpaired) electrons. The first-order valence-corrected chi connectivity index (χ1v) is 6.69. The average Bonchev–Trinajstić information content (AvgIpc) is 2.80. The monoisotopic (exact) mass is 342 g/mol. The maximum atomic E-state index is 12.2. The first-order chi connectivity index (χ1) is 11.0. The highest BCUT2D eigenvalue weighted by atomic mass is 19.4. The van der Waals surface area contributed by atoms with E-state index in [1.54, 1.807) is 20.8 Å². The van der Waals surface area contributed by atoms with E-state index < -0.39 is 24.5 Å². The van der Waals surface area contributed by atoms with Crippen molar-refractivity contribution >= 4 is 22.8 Å². The molecular weight excluding hydrogens is 329 g/mol. The molecule has 0 unspecified atom stereocenters. The third-order valence-electron chi connectivity index (χ3n) is 2.58. The lowest BCUT2D eigenvalue weighted by Gasteiger charge is -2.18. The van der Waals surface area contributed by atoms with E-state index >= 15 is 0 Å². The summed E-state index contributed by atoms with van der Waals surface area (Å²) in [4.78, 5) is 19.0. The van der Waals surface area contributed by atoms with Crippen LogP contribution in [0.3, 0.4) is 0 Å². The Bertz CT molecular complexity index is 815. The molecule has 24 heavy (non-hydrogen) atoms. The molecule has 0 atom stereocenters. The van der Waals surface area contributed by atoms with Gasteiger partial charge in [-0.15, -0.1) is 0 Å². The molecule has 0 aromatic carbocycles. The molecule has 0 amide bonds. The predicted octanol–water partition coefficient (Wildman–Crippen LogP) is 3.71. The lowest BCUT2D eigenvalue weighted by atomic mass is 10.2. The van der Waals surface area contributed by atoms with Gasteiger partial charge in [0.1, 0.15) is 5.60 Å². The van der Waals surface area contributed by atoms with Crippen molar-refractivity contribution < 1.29 is 27.4 Å². The summed E-state index contributed by atoms with van der Waals surface area (Å²) >= 11 is 0. The van der Waals surface area contributed by atoms with Crippen LogP contribution >= 0.6 is 0 Å². The van der Waals surface area contributed by atoms with Crippen LogP contribution in [0.4, 0.5) is 23.8 Å². The molecule has 7 nitrogen and oxygen atoms in total. The van der Waals surface area contributed by atoms with Gasteiger partial charge < -0.3 is 14.3 Å². The van der Waals surface area contributed by atoms with Gasteiger partial charge >= 0.3 is 18.1 Å². The molecule has 128 valence electrons. The van der Waals surface area contributed by atoms with Crippen LogP contribution in [0.15, 0.2) is 12.3 Å². The van der Waals surface area contributed by atoms with Gasteiger partial charge in [0.25, 0.3) is 0 Å². The Balaban J connectivity index is 2.43. The summed E-state index contributed by atoms with van der Waals surface area (Å²) in [5, 5.41) is 4.02. The van der Waals surface area contributed by atoms with Crippen molar-refractivity contribution in [1.29, 1.82) is 0 Å². The van der Waals surface area contributed by atoms with E-state index in [9.17, 15) is 18.0 Å². The molecule has 0 saturated heterocycles. The van der Waals surface area contributed by atoms with E-state index in [1.807, 2.05) is 0 Å². The number of carbonyl (C=O) groups excluding carboxylic acids is 1. The average molecular weight is 342 g/mol. The lowest BCUT2D eigenvalue weighted by molar-refractivity contribution is -0.154. The second-order valence-electron chi connectivity index (χ2n) is 5.77. The van der Waals surface area contributed by atoms with Gasteiger partial charge in [-0.1, -0.05) is 11.3 Å². The number of alkyl halides is 3. The van der Waals surface area contributed by atoms with Gasteiger partial charge in [0, 0.05) is 17.6 Å².